The molecule has 0 bridgehead atoms. The van der Waals surface area contributed by atoms with Crippen molar-refractivity contribution in [3.63, 3.8) is 0 Å². The Morgan fingerprint density at radius 2 is 1.88 bits per heavy atom. The lowest BCUT2D eigenvalue weighted by Crippen LogP contribution is -2.01. The summed E-state index contributed by atoms with van der Waals surface area (Å²) in [4.78, 5) is 25.8. The van der Waals surface area contributed by atoms with Crippen molar-refractivity contribution in [1.82, 2.24) is 4.98 Å². The predicted octanol–water partition coefficient (Wildman–Crippen LogP) is 3.87. The maximum Gasteiger partial charge on any atom is 0.269 e. The number of nitrogens with one attached hydrogen (secondary N) is 1. The van der Waals surface area contributed by atoms with Crippen LogP contribution < -0.4 is 0 Å². The number of hydrogen-bond donors (Lipinski definition) is 1. The summed E-state index contributed by atoms with van der Waals surface area (Å²) in [5.41, 5.74) is 1.70. The van der Waals surface area contributed by atoms with Crippen LogP contribution >= 0.6 is 0 Å². The fourth-order valence-electron chi connectivity index (χ4n) is 2.41. The average molecular weight is 317 g/mol. The number of aromatic nitrogens is 1. The Kier molecular flexibility index (Phi) is 3.91. The number of carbonyl (C=O) groups is 1. The number of hydrogen-bond acceptors (Lipinski definition) is 4. The van der Waals surface area contributed by atoms with Gasteiger partial charge in [0.05, 0.1) is 4.92 Å². The zero-order chi connectivity index (χ0) is 17.1. The number of rotatable bonds is 4. The second kappa shape index (κ2) is 6.18. The number of H-pyrrole nitrogens is 1. The molecule has 1 aromatic heterocycles. The van der Waals surface area contributed by atoms with Gasteiger partial charge in [-0.25, -0.2) is 0 Å². The first-order chi connectivity index (χ1) is 11.6. The third-order valence-electron chi connectivity index (χ3n) is 3.61. The topological polar surface area (TPSA) is 99.8 Å². The van der Waals surface area contributed by atoms with E-state index in [1.165, 1.54) is 30.3 Å². The van der Waals surface area contributed by atoms with E-state index in [-0.39, 0.29) is 11.3 Å². The zero-order valence-corrected chi connectivity index (χ0v) is 12.4. The minimum absolute atomic E-state index is 0.0337. The molecule has 1 N–H and O–H groups in total. The molecule has 116 valence electrons. The van der Waals surface area contributed by atoms with Gasteiger partial charge < -0.3 is 4.98 Å². The molecule has 0 saturated heterocycles. The summed E-state index contributed by atoms with van der Waals surface area (Å²) in [5.74, 6) is -0.395. The quantitative estimate of drug-likeness (QED) is 0.259. The van der Waals surface area contributed by atoms with Crippen LogP contribution in [0.2, 0.25) is 0 Å². The van der Waals surface area contributed by atoms with Crippen LogP contribution in [0, 0.1) is 21.4 Å². The maximum atomic E-state index is 12.6. The van der Waals surface area contributed by atoms with Crippen LogP contribution in [0.25, 0.3) is 17.0 Å². The summed E-state index contributed by atoms with van der Waals surface area (Å²) in [5, 5.41) is 20.7. The molecule has 0 radical (unpaired) electrons. The van der Waals surface area contributed by atoms with Gasteiger partial charge in [-0.2, -0.15) is 5.26 Å². The first kappa shape index (κ1) is 15.2. The number of carbonyl (C=O) groups excluding carboxylic acids is 1. The Morgan fingerprint density at radius 1 is 1.17 bits per heavy atom. The molecular weight excluding hydrogens is 306 g/mol. The Morgan fingerprint density at radius 3 is 2.54 bits per heavy atom. The Hall–Kier alpha value is -3.72. The van der Waals surface area contributed by atoms with Crippen LogP contribution in [0.1, 0.15) is 15.9 Å². The summed E-state index contributed by atoms with van der Waals surface area (Å²) in [6, 6.07) is 14.9. The SMILES string of the molecule is N#C/C(=C\c1ccc([N+](=O)[O-])cc1)C(=O)c1c[nH]c2ccccc12. The van der Waals surface area contributed by atoms with Gasteiger partial charge in [0.1, 0.15) is 11.6 Å². The third-order valence-corrected chi connectivity index (χ3v) is 3.61. The fraction of sp³-hybridized carbons (Fsp3) is 0. The second-order valence-corrected chi connectivity index (χ2v) is 5.10. The van der Waals surface area contributed by atoms with Crippen molar-refractivity contribution in [2.45, 2.75) is 0 Å². The number of benzene rings is 2. The number of nitro benzene ring substituents is 1. The van der Waals surface area contributed by atoms with Crippen molar-refractivity contribution in [2.75, 3.05) is 0 Å². The average Bonchev–Trinajstić information content (AvgIpc) is 3.03. The Labute approximate surface area is 136 Å². The molecule has 0 aliphatic rings. The van der Waals surface area contributed by atoms with Crippen molar-refractivity contribution < 1.29 is 9.72 Å². The summed E-state index contributed by atoms with van der Waals surface area (Å²) >= 11 is 0. The summed E-state index contributed by atoms with van der Waals surface area (Å²) in [6.07, 6.45) is 3.00. The van der Waals surface area contributed by atoms with E-state index in [4.69, 9.17) is 0 Å². The van der Waals surface area contributed by atoms with Crippen LogP contribution in [0.5, 0.6) is 0 Å². The normalized spacial score (nSPS) is 11.2. The Balaban J connectivity index is 1.97. The van der Waals surface area contributed by atoms with Crippen molar-refractivity contribution in [2.24, 2.45) is 0 Å². The van der Waals surface area contributed by atoms with Crippen molar-refractivity contribution >= 4 is 28.4 Å². The number of ketones is 1. The van der Waals surface area contributed by atoms with Crippen molar-refractivity contribution in [3.05, 3.63) is 81.5 Å². The van der Waals surface area contributed by atoms with E-state index in [9.17, 15) is 20.2 Å². The van der Waals surface area contributed by atoms with E-state index in [0.29, 0.717) is 11.1 Å². The van der Waals surface area contributed by atoms with Gasteiger partial charge in [-0.1, -0.05) is 18.2 Å². The van der Waals surface area contributed by atoms with E-state index >= 15 is 0 Å². The molecule has 3 aromatic rings. The van der Waals surface area contributed by atoms with Gasteiger partial charge in [0, 0.05) is 34.8 Å². The lowest BCUT2D eigenvalue weighted by Gasteiger charge is -1.99. The minimum Gasteiger partial charge on any atom is -0.360 e. The molecular formula is C18H11N3O3. The molecule has 6 heteroatoms. The zero-order valence-electron chi connectivity index (χ0n) is 12.4. The Bertz CT molecular complexity index is 1010. The van der Waals surface area contributed by atoms with Crippen LogP contribution in [0.4, 0.5) is 5.69 Å². The molecule has 0 fully saturated rings. The van der Waals surface area contributed by atoms with E-state index in [2.05, 4.69) is 4.98 Å². The maximum absolute atomic E-state index is 12.6. The lowest BCUT2D eigenvalue weighted by molar-refractivity contribution is -0.384. The number of Topliss-reactive ketones (excluding diaryl/α,β-unsaturated/α-hetero) is 1. The van der Waals surface area contributed by atoms with Gasteiger partial charge in [-0.05, 0) is 29.8 Å². The van der Waals surface area contributed by atoms with E-state index in [1.807, 2.05) is 24.3 Å². The van der Waals surface area contributed by atoms with Gasteiger partial charge in [0.15, 0.2) is 0 Å². The minimum atomic E-state index is -0.504. The van der Waals surface area contributed by atoms with Crippen LogP contribution in [0.15, 0.2) is 60.3 Å². The molecule has 24 heavy (non-hydrogen) atoms. The third kappa shape index (κ3) is 2.78. The number of para-hydroxylation sites is 1. The molecule has 0 aliphatic carbocycles. The van der Waals surface area contributed by atoms with Crippen LogP contribution in [-0.4, -0.2) is 15.7 Å². The predicted molar refractivity (Wildman–Crippen MR) is 89.3 cm³/mol. The summed E-state index contributed by atoms with van der Waals surface area (Å²) < 4.78 is 0. The molecule has 0 saturated carbocycles. The first-order valence-corrected chi connectivity index (χ1v) is 7.07. The second-order valence-electron chi connectivity index (χ2n) is 5.10. The van der Waals surface area contributed by atoms with Crippen LogP contribution in [0.3, 0.4) is 0 Å². The summed E-state index contributed by atoms with van der Waals surface area (Å²) in [7, 11) is 0. The highest BCUT2D eigenvalue weighted by molar-refractivity contribution is 6.19. The van der Waals surface area contributed by atoms with Gasteiger partial charge in [0.25, 0.3) is 5.69 Å². The van der Waals surface area contributed by atoms with Gasteiger partial charge in [0.2, 0.25) is 5.78 Å². The number of allylic oxidation sites excluding steroid dienone is 1. The lowest BCUT2D eigenvalue weighted by atomic mass is 10.0. The molecule has 0 unspecified atom stereocenters. The van der Waals surface area contributed by atoms with E-state index in [0.717, 1.165) is 10.9 Å². The number of non-ortho nitro benzene ring substituents is 1. The van der Waals surface area contributed by atoms with E-state index < -0.39 is 10.7 Å². The van der Waals surface area contributed by atoms with Gasteiger partial charge >= 0.3 is 0 Å². The molecule has 3 rings (SSSR count). The molecule has 6 nitrogen and oxygen atoms in total. The first-order valence-electron chi connectivity index (χ1n) is 7.07. The molecule has 0 aliphatic heterocycles. The van der Waals surface area contributed by atoms with Gasteiger partial charge in [-0.3, -0.25) is 14.9 Å². The molecule has 0 atom stereocenters. The number of nitriles is 1. The number of aromatic amines is 1. The monoisotopic (exact) mass is 317 g/mol. The molecule has 0 spiro atoms. The molecule has 0 amide bonds. The summed E-state index contributed by atoms with van der Waals surface area (Å²) in [6.45, 7) is 0. The standard InChI is InChI=1S/C18H11N3O3/c19-10-13(9-12-5-7-14(8-6-12)21(23)24)18(22)16-11-20-17-4-2-1-3-15(16)17/h1-9,11,20H/b13-9+. The largest absolute Gasteiger partial charge is 0.360 e. The molecule has 1 heterocycles. The van der Waals surface area contributed by atoms with Gasteiger partial charge in [-0.15, -0.1) is 0 Å². The van der Waals surface area contributed by atoms with Crippen molar-refractivity contribution in [3.8, 4) is 6.07 Å². The highest BCUT2D eigenvalue weighted by Crippen LogP contribution is 2.22. The fourth-order valence-corrected chi connectivity index (χ4v) is 2.41. The highest BCUT2D eigenvalue weighted by atomic mass is 16.6. The number of nitrogens with zero attached hydrogens (tertiary/aromatic N) is 2. The number of fused-ring (bicyclic) bond motifs is 1. The smallest absolute Gasteiger partial charge is 0.269 e. The van der Waals surface area contributed by atoms with Crippen molar-refractivity contribution in [1.29, 1.82) is 5.26 Å². The molecule has 2 aromatic carbocycles. The van der Waals surface area contributed by atoms with E-state index in [1.54, 1.807) is 12.3 Å². The highest BCUT2D eigenvalue weighted by Gasteiger charge is 2.16. The van der Waals surface area contributed by atoms with Crippen LogP contribution in [-0.2, 0) is 0 Å². The number of nitro groups is 1.